The first kappa shape index (κ1) is 30.9. The summed E-state index contributed by atoms with van der Waals surface area (Å²) in [5.41, 5.74) is 7.68. The summed E-state index contributed by atoms with van der Waals surface area (Å²) < 4.78 is 25.1. The Labute approximate surface area is 246 Å². The number of hydrogen-bond donors (Lipinski definition) is 1. The maximum absolute atomic E-state index is 6.62. The first-order chi connectivity index (χ1) is 19.4. The standard InChI is InChI=1S/C33H48N2O4S/c1-32(27-15-5-3-6-16-27,38-29-19-9-11-25-36-29)21-13-23-35(31(34)40)24-14-22-33(2,28-17-7-4-8-18-28)39-30-20-10-12-26-37-30/h3-8,15-18,29-30H,9-14,19-26H2,1-2H3,(H2,34,40). The number of rotatable bonds is 14. The quantitative estimate of drug-likeness (QED) is 0.246. The molecule has 220 valence electrons. The molecular weight excluding hydrogens is 520 g/mol. The lowest BCUT2D eigenvalue weighted by atomic mass is 9.90. The van der Waals surface area contributed by atoms with Crippen LogP contribution in [0, 0.1) is 0 Å². The Bertz CT molecular complexity index is 938. The molecule has 0 bridgehead atoms. The van der Waals surface area contributed by atoms with E-state index in [9.17, 15) is 0 Å². The van der Waals surface area contributed by atoms with Gasteiger partial charge in [-0.15, -0.1) is 0 Å². The zero-order valence-corrected chi connectivity index (χ0v) is 25.2. The fourth-order valence-electron chi connectivity index (χ4n) is 5.86. The molecule has 2 aliphatic heterocycles. The molecule has 2 aromatic rings. The van der Waals surface area contributed by atoms with Crippen LogP contribution in [0.5, 0.6) is 0 Å². The SMILES string of the molecule is CC(CCCN(CCCC(C)(OC1CCCCO1)c1ccccc1)C(N)=S)(OC1CCCCO1)c1ccccc1. The highest BCUT2D eigenvalue weighted by Gasteiger charge is 2.33. The lowest BCUT2D eigenvalue weighted by Gasteiger charge is -2.37. The topological polar surface area (TPSA) is 66.2 Å². The van der Waals surface area contributed by atoms with Crippen molar-refractivity contribution in [3.8, 4) is 0 Å². The lowest BCUT2D eigenvalue weighted by molar-refractivity contribution is -0.226. The molecule has 40 heavy (non-hydrogen) atoms. The molecule has 2 heterocycles. The van der Waals surface area contributed by atoms with Crippen molar-refractivity contribution in [2.24, 2.45) is 5.73 Å². The van der Waals surface area contributed by atoms with Crippen LogP contribution in [0.15, 0.2) is 60.7 Å². The fraction of sp³-hybridized carbons (Fsp3) is 0.606. The van der Waals surface area contributed by atoms with Gasteiger partial charge in [-0.1, -0.05) is 60.7 Å². The Morgan fingerprint density at radius 1 is 0.775 bits per heavy atom. The minimum Gasteiger partial charge on any atom is -0.376 e. The van der Waals surface area contributed by atoms with Gasteiger partial charge in [-0.05, 0) is 101 Å². The Balaban J connectivity index is 1.35. The molecule has 4 unspecified atom stereocenters. The summed E-state index contributed by atoms with van der Waals surface area (Å²) in [5.74, 6) is 0. The number of nitrogens with two attached hydrogens (primary N) is 1. The number of ether oxygens (including phenoxy) is 4. The average Bonchev–Trinajstić information content (AvgIpc) is 2.98. The van der Waals surface area contributed by atoms with Crippen LogP contribution < -0.4 is 5.73 Å². The van der Waals surface area contributed by atoms with E-state index in [0.717, 1.165) is 90.5 Å². The number of benzene rings is 2. The van der Waals surface area contributed by atoms with E-state index in [4.69, 9.17) is 36.9 Å². The van der Waals surface area contributed by atoms with Gasteiger partial charge in [-0.3, -0.25) is 0 Å². The molecule has 2 aromatic carbocycles. The molecule has 2 saturated heterocycles. The van der Waals surface area contributed by atoms with Gasteiger partial charge in [-0.2, -0.15) is 0 Å². The molecule has 0 spiro atoms. The summed E-state index contributed by atoms with van der Waals surface area (Å²) >= 11 is 5.48. The van der Waals surface area contributed by atoms with E-state index in [-0.39, 0.29) is 12.6 Å². The third-order valence-corrected chi connectivity index (χ3v) is 8.56. The second kappa shape index (κ2) is 15.3. The molecule has 0 aromatic heterocycles. The van der Waals surface area contributed by atoms with Crippen LogP contribution in [0.3, 0.4) is 0 Å². The summed E-state index contributed by atoms with van der Waals surface area (Å²) in [4.78, 5) is 2.13. The van der Waals surface area contributed by atoms with Crippen LogP contribution in [0.25, 0.3) is 0 Å². The lowest BCUT2D eigenvalue weighted by Crippen LogP contribution is -2.40. The summed E-state index contributed by atoms with van der Waals surface area (Å²) in [6, 6.07) is 21.0. The van der Waals surface area contributed by atoms with Crippen molar-refractivity contribution in [2.75, 3.05) is 26.3 Å². The minimum absolute atomic E-state index is 0.158. The predicted octanol–water partition coefficient (Wildman–Crippen LogP) is 7.01. The fourth-order valence-corrected chi connectivity index (χ4v) is 6.04. The van der Waals surface area contributed by atoms with Crippen LogP contribution in [-0.4, -0.2) is 48.9 Å². The zero-order valence-electron chi connectivity index (χ0n) is 24.4. The first-order valence-corrected chi connectivity index (χ1v) is 15.5. The third-order valence-electron chi connectivity index (χ3n) is 8.30. The number of hydrogen-bond acceptors (Lipinski definition) is 5. The van der Waals surface area contributed by atoms with E-state index >= 15 is 0 Å². The summed E-state index contributed by atoms with van der Waals surface area (Å²) in [7, 11) is 0. The second-order valence-electron chi connectivity index (χ2n) is 11.6. The van der Waals surface area contributed by atoms with Gasteiger partial charge in [0.2, 0.25) is 0 Å². The molecule has 7 heteroatoms. The van der Waals surface area contributed by atoms with Gasteiger partial charge >= 0.3 is 0 Å². The van der Waals surface area contributed by atoms with Crippen LogP contribution >= 0.6 is 12.2 Å². The highest BCUT2D eigenvalue weighted by atomic mass is 32.1. The van der Waals surface area contributed by atoms with Crippen molar-refractivity contribution in [3.63, 3.8) is 0 Å². The van der Waals surface area contributed by atoms with Crippen molar-refractivity contribution in [1.29, 1.82) is 0 Å². The van der Waals surface area contributed by atoms with Crippen molar-refractivity contribution in [2.45, 2.75) is 102 Å². The Morgan fingerprint density at radius 2 is 1.20 bits per heavy atom. The Hall–Kier alpha value is -2.03. The van der Waals surface area contributed by atoms with E-state index in [2.05, 4.69) is 67.3 Å². The monoisotopic (exact) mass is 568 g/mol. The molecule has 6 nitrogen and oxygen atoms in total. The van der Waals surface area contributed by atoms with Gasteiger partial charge in [0.25, 0.3) is 0 Å². The number of nitrogens with zero attached hydrogens (tertiary/aromatic N) is 1. The summed E-state index contributed by atoms with van der Waals surface area (Å²) in [6.45, 7) is 7.46. The minimum atomic E-state index is -0.440. The number of thiocarbonyl (C=S) groups is 1. The Morgan fingerprint density at radius 3 is 1.55 bits per heavy atom. The highest BCUT2D eigenvalue weighted by Crippen LogP contribution is 2.36. The van der Waals surface area contributed by atoms with E-state index in [0.29, 0.717) is 5.11 Å². The van der Waals surface area contributed by atoms with Crippen LogP contribution in [0.2, 0.25) is 0 Å². The van der Waals surface area contributed by atoms with Gasteiger partial charge in [0, 0.05) is 26.3 Å². The molecular formula is C33H48N2O4S. The molecule has 0 amide bonds. The molecule has 0 aliphatic carbocycles. The van der Waals surface area contributed by atoms with Gasteiger partial charge in [0.15, 0.2) is 17.7 Å². The van der Waals surface area contributed by atoms with Gasteiger partial charge < -0.3 is 29.6 Å². The predicted molar refractivity (Wildman–Crippen MR) is 164 cm³/mol. The smallest absolute Gasteiger partial charge is 0.166 e. The van der Waals surface area contributed by atoms with Crippen LogP contribution in [-0.2, 0) is 30.1 Å². The van der Waals surface area contributed by atoms with E-state index in [1.807, 2.05) is 12.1 Å². The van der Waals surface area contributed by atoms with E-state index < -0.39 is 11.2 Å². The molecule has 2 N–H and O–H groups in total. The third kappa shape index (κ3) is 8.98. The maximum atomic E-state index is 6.62. The molecule has 2 aliphatic rings. The van der Waals surface area contributed by atoms with Crippen molar-refractivity contribution in [1.82, 2.24) is 4.90 Å². The van der Waals surface area contributed by atoms with Crippen molar-refractivity contribution in [3.05, 3.63) is 71.8 Å². The Kier molecular flexibility index (Phi) is 11.8. The normalized spacial score (nSPS) is 22.6. The molecule has 2 fully saturated rings. The zero-order chi connectivity index (χ0) is 28.3. The van der Waals surface area contributed by atoms with Gasteiger partial charge in [-0.25, -0.2) is 0 Å². The average molecular weight is 569 g/mol. The van der Waals surface area contributed by atoms with Gasteiger partial charge in [0.05, 0.1) is 11.2 Å². The van der Waals surface area contributed by atoms with E-state index in [1.165, 1.54) is 11.1 Å². The van der Waals surface area contributed by atoms with Crippen molar-refractivity contribution < 1.29 is 18.9 Å². The largest absolute Gasteiger partial charge is 0.376 e. The summed E-state index contributed by atoms with van der Waals surface area (Å²) in [6.07, 6.45) is 9.55. The van der Waals surface area contributed by atoms with Crippen LogP contribution in [0.1, 0.15) is 89.2 Å². The molecule has 4 rings (SSSR count). The van der Waals surface area contributed by atoms with E-state index in [1.54, 1.807) is 0 Å². The molecule has 0 radical (unpaired) electrons. The molecule has 0 saturated carbocycles. The van der Waals surface area contributed by atoms with Crippen LogP contribution in [0.4, 0.5) is 0 Å². The second-order valence-corrected chi connectivity index (χ2v) is 12.0. The summed E-state index contributed by atoms with van der Waals surface area (Å²) in [5, 5.41) is 0.441. The van der Waals surface area contributed by atoms with Crippen molar-refractivity contribution >= 4 is 17.3 Å². The maximum Gasteiger partial charge on any atom is 0.166 e. The first-order valence-electron chi connectivity index (χ1n) is 15.1. The van der Waals surface area contributed by atoms with Gasteiger partial charge in [0.1, 0.15) is 0 Å². The molecule has 4 atom stereocenters. The highest BCUT2D eigenvalue weighted by molar-refractivity contribution is 7.80.